The number of rotatable bonds is 4. The Balaban J connectivity index is 2.30. The van der Waals surface area contributed by atoms with E-state index in [1.54, 1.807) is 20.0 Å². The summed E-state index contributed by atoms with van der Waals surface area (Å²) in [6.45, 7) is 2.13. The SMILES string of the molecule is CC(N)CN(C)S(=O)(=O)c1ccc2c(c1)CCC2. The van der Waals surface area contributed by atoms with Crippen molar-refractivity contribution in [3.8, 4) is 0 Å². The second kappa shape index (κ2) is 4.99. The Kier molecular flexibility index (Phi) is 3.75. The predicted octanol–water partition coefficient (Wildman–Crippen LogP) is 1.14. The lowest BCUT2D eigenvalue weighted by molar-refractivity contribution is 0.445. The van der Waals surface area contributed by atoms with Crippen molar-refractivity contribution in [3.63, 3.8) is 0 Å². The number of benzene rings is 1. The first kappa shape index (κ1) is 13.5. The van der Waals surface area contributed by atoms with E-state index in [4.69, 9.17) is 5.73 Å². The highest BCUT2D eigenvalue weighted by atomic mass is 32.2. The Labute approximate surface area is 109 Å². The van der Waals surface area contributed by atoms with E-state index in [-0.39, 0.29) is 6.04 Å². The van der Waals surface area contributed by atoms with Gasteiger partial charge < -0.3 is 5.73 Å². The summed E-state index contributed by atoms with van der Waals surface area (Å²) in [4.78, 5) is 0.381. The largest absolute Gasteiger partial charge is 0.327 e. The molecule has 0 amide bonds. The molecular formula is C13H20N2O2S. The number of likely N-dealkylation sites (N-methyl/N-ethyl adjacent to an activating group) is 1. The number of sulfonamides is 1. The molecular weight excluding hydrogens is 248 g/mol. The molecule has 100 valence electrons. The Morgan fingerprint density at radius 1 is 1.33 bits per heavy atom. The molecule has 0 radical (unpaired) electrons. The lowest BCUT2D eigenvalue weighted by Gasteiger charge is -2.19. The van der Waals surface area contributed by atoms with E-state index < -0.39 is 10.0 Å². The van der Waals surface area contributed by atoms with Gasteiger partial charge in [-0.25, -0.2) is 8.42 Å². The molecule has 5 heteroatoms. The Hall–Kier alpha value is -0.910. The van der Waals surface area contributed by atoms with Crippen molar-refractivity contribution in [1.29, 1.82) is 0 Å². The van der Waals surface area contributed by atoms with E-state index in [0.29, 0.717) is 11.4 Å². The summed E-state index contributed by atoms with van der Waals surface area (Å²) in [7, 11) is -1.83. The van der Waals surface area contributed by atoms with Crippen LogP contribution in [0.5, 0.6) is 0 Å². The van der Waals surface area contributed by atoms with Gasteiger partial charge >= 0.3 is 0 Å². The summed E-state index contributed by atoms with van der Waals surface area (Å²) in [6.07, 6.45) is 3.16. The summed E-state index contributed by atoms with van der Waals surface area (Å²) < 4.78 is 26.0. The second-order valence-corrected chi connectivity index (χ2v) is 7.09. The summed E-state index contributed by atoms with van der Waals surface area (Å²) >= 11 is 0. The maximum atomic E-state index is 12.3. The van der Waals surface area contributed by atoms with Crippen molar-refractivity contribution >= 4 is 10.0 Å². The average molecular weight is 268 g/mol. The molecule has 0 aliphatic heterocycles. The van der Waals surface area contributed by atoms with Gasteiger partial charge in [-0.05, 0) is 49.4 Å². The van der Waals surface area contributed by atoms with Gasteiger partial charge in [0, 0.05) is 19.6 Å². The monoisotopic (exact) mass is 268 g/mol. The van der Waals surface area contributed by atoms with Gasteiger partial charge in [-0.2, -0.15) is 4.31 Å². The van der Waals surface area contributed by atoms with Gasteiger partial charge in [0.1, 0.15) is 0 Å². The molecule has 0 bridgehead atoms. The van der Waals surface area contributed by atoms with E-state index in [1.165, 1.54) is 15.4 Å². The molecule has 0 aromatic heterocycles. The zero-order valence-electron chi connectivity index (χ0n) is 10.9. The third kappa shape index (κ3) is 2.58. The summed E-state index contributed by atoms with van der Waals surface area (Å²) in [5.41, 5.74) is 8.11. The lowest BCUT2D eigenvalue weighted by Crippen LogP contribution is -2.36. The van der Waals surface area contributed by atoms with Crippen molar-refractivity contribution in [1.82, 2.24) is 4.31 Å². The normalized spacial score (nSPS) is 16.9. The van der Waals surface area contributed by atoms with Gasteiger partial charge in [-0.15, -0.1) is 0 Å². The van der Waals surface area contributed by atoms with Gasteiger partial charge in [-0.1, -0.05) is 6.07 Å². The quantitative estimate of drug-likeness (QED) is 0.890. The van der Waals surface area contributed by atoms with Crippen LogP contribution in [0.4, 0.5) is 0 Å². The molecule has 1 unspecified atom stereocenters. The van der Waals surface area contributed by atoms with E-state index in [1.807, 2.05) is 12.1 Å². The van der Waals surface area contributed by atoms with Crippen LogP contribution in [0.3, 0.4) is 0 Å². The van der Waals surface area contributed by atoms with Crippen LogP contribution in [0.2, 0.25) is 0 Å². The zero-order chi connectivity index (χ0) is 13.3. The van der Waals surface area contributed by atoms with Crippen molar-refractivity contribution in [2.24, 2.45) is 5.73 Å². The Bertz CT molecular complexity index is 538. The molecule has 0 saturated carbocycles. The van der Waals surface area contributed by atoms with Gasteiger partial charge in [0.2, 0.25) is 10.0 Å². The maximum Gasteiger partial charge on any atom is 0.242 e. The van der Waals surface area contributed by atoms with Crippen LogP contribution in [-0.2, 0) is 22.9 Å². The first-order valence-electron chi connectivity index (χ1n) is 6.25. The molecule has 0 heterocycles. The van der Waals surface area contributed by atoms with Crippen LogP contribution >= 0.6 is 0 Å². The van der Waals surface area contributed by atoms with Crippen LogP contribution in [-0.4, -0.2) is 32.4 Å². The number of nitrogens with two attached hydrogens (primary N) is 1. The maximum absolute atomic E-state index is 12.3. The topological polar surface area (TPSA) is 63.4 Å². The van der Waals surface area contributed by atoms with Crippen molar-refractivity contribution < 1.29 is 8.42 Å². The lowest BCUT2D eigenvalue weighted by atomic mass is 10.1. The van der Waals surface area contributed by atoms with Crippen molar-refractivity contribution in [2.45, 2.75) is 37.1 Å². The first-order valence-corrected chi connectivity index (χ1v) is 7.69. The molecule has 0 saturated heterocycles. The molecule has 1 aliphatic rings. The van der Waals surface area contributed by atoms with Gasteiger partial charge in [0.15, 0.2) is 0 Å². The third-order valence-electron chi connectivity index (χ3n) is 3.32. The first-order chi connectivity index (χ1) is 8.41. The van der Waals surface area contributed by atoms with Crippen LogP contribution in [0.1, 0.15) is 24.5 Å². The van der Waals surface area contributed by atoms with Crippen LogP contribution in [0, 0.1) is 0 Å². The number of nitrogens with zero attached hydrogens (tertiary/aromatic N) is 1. The van der Waals surface area contributed by atoms with E-state index in [0.717, 1.165) is 19.3 Å². The molecule has 18 heavy (non-hydrogen) atoms. The minimum atomic E-state index is -3.40. The summed E-state index contributed by atoms with van der Waals surface area (Å²) in [5, 5.41) is 0. The van der Waals surface area contributed by atoms with Gasteiger partial charge in [0.25, 0.3) is 0 Å². The molecule has 1 atom stereocenters. The number of aryl methyl sites for hydroxylation is 2. The fourth-order valence-corrected chi connectivity index (χ4v) is 3.71. The number of hydrogen-bond acceptors (Lipinski definition) is 3. The fraction of sp³-hybridized carbons (Fsp3) is 0.538. The summed E-state index contributed by atoms with van der Waals surface area (Å²) in [5.74, 6) is 0. The standard InChI is InChI=1S/C13H20N2O2S/c1-10(14)9-15(2)18(16,17)13-7-6-11-4-3-5-12(11)8-13/h6-8,10H,3-5,9,14H2,1-2H3. The van der Waals surface area contributed by atoms with Gasteiger partial charge in [0.05, 0.1) is 4.90 Å². The van der Waals surface area contributed by atoms with Crippen LogP contribution in [0.15, 0.2) is 23.1 Å². The fourth-order valence-electron chi connectivity index (χ4n) is 2.39. The average Bonchev–Trinajstić information content (AvgIpc) is 2.74. The highest BCUT2D eigenvalue weighted by Crippen LogP contribution is 2.25. The molecule has 1 aromatic rings. The smallest absolute Gasteiger partial charge is 0.242 e. The van der Waals surface area contributed by atoms with Crippen molar-refractivity contribution in [2.75, 3.05) is 13.6 Å². The van der Waals surface area contributed by atoms with E-state index in [9.17, 15) is 8.42 Å². The molecule has 0 fully saturated rings. The van der Waals surface area contributed by atoms with Crippen LogP contribution < -0.4 is 5.73 Å². The summed E-state index contributed by atoms with van der Waals surface area (Å²) in [6, 6.07) is 5.29. The molecule has 2 rings (SSSR count). The highest BCUT2D eigenvalue weighted by molar-refractivity contribution is 7.89. The molecule has 2 N–H and O–H groups in total. The zero-order valence-corrected chi connectivity index (χ0v) is 11.7. The highest BCUT2D eigenvalue weighted by Gasteiger charge is 2.23. The number of fused-ring (bicyclic) bond motifs is 1. The van der Waals surface area contributed by atoms with E-state index >= 15 is 0 Å². The third-order valence-corrected chi connectivity index (χ3v) is 5.14. The minimum absolute atomic E-state index is 0.167. The Morgan fingerprint density at radius 3 is 2.67 bits per heavy atom. The van der Waals surface area contributed by atoms with Crippen molar-refractivity contribution in [3.05, 3.63) is 29.3 Å². The molecule has 1 aromatic carbocycles. The van der Waals surface area contributed by atoms with E-state index in [2.05, 4.69) is 0 Å². The minimum Gasteiger partial charge on any atom is -0.327 e. The predicted molar refractivity (Wildman–Crippen MR) is 71.9 cm³/mol. The molecule has 1 aliphatic carbocycles. The van der Waals surface area contributed by atoms with Crippen LogP contribution in [0.25, 0.3) is 0 Å². The molecule has 0 spiro atoms. The second-order valence-electron chi connectivity index (χ2n) is 5.05. The number of hydrogen-bond donors (Lipinski definition) is 1. The molecule has 4 nitrogen and oxygen atoms in total. The Morgan fingerprint density at radius 2 is 2.00 bits per heavy atom. The van der Waals surface area contributed by atoms with Gasteiger partial charge in [-0.3, -0.25) is 0 Å².